The van der Waals surface area contributed by atoms with Crippen molar-refractivity contribution in [2.75, 3.05) is 25.5 Å². The van der Waals surface area contributed by atoms with Crippen LogP contribution in [0.15, 0.2) is 24.3 Å². The number of ether oxygens (including phenoxy) is 2. The number of anilines is 1. The number of nitrogens with two attached hydrogens (primary N) is 1. The predicted molar refractivity (Wildman–Crippen MR) is 68.3 cm³/mol. The number of hydrogen-bond donors (Lipinski definition) is 2. The van der Waals surface area contributed by atoms with E-state index in [4.69, 9.17) is 15.2 Å². The molecule has 1 fully saturated rings. The number of hydrogen-bond acceptors (Lipinski definition) is 4. The van der Waals surface area contributed by atoms with Gasteiger partial charge >= 0.3 is 0 Å². The summed E-state index contributed by atoms with van der Waals surface area (Å²) < 4.78 is 10.7. The summed E-state index contributed by atoms with van der Waals surface area (Å²) in [5.74, 6) is 0.499. The van der Waals surface area contributed by atoms with E-state index in [1.807, 2.05) is 0 Å². The summed E-state index contributed by atoms with van der Waals surface area (Å²) in [5, 5.41) is 2.79. The third-order valence-corrected chi connectivity index (χ3v) is 2.80. The third kappa shape index (κ3) is 3.92. The summed E-state index contributed by atoms with van der Waals surface area (Å²) >= 11 is 0. The average Bonchev–Trinajstić information content (AvgIpc) is 2.89. The number of benzene rings is 1. The van der Waals surface area contributed by atoms with Crippen LogP contribution in [0.1, 0.15) is 12.8 Å². The molecule has 18 heavy (non-hydrogen) atoms. The lowest BCUT2D eigenvalue weighted by atomic mass is 10.2. The molecule has 1 amide bonds. The van der Waals surface area contributed by atoms with Gasteiger partial charge in [-0.05, 0) is 37.1 Å². The van der Waals surface area contributed by atoms with Crippen LogP contribution in [0.5, 0.6) is 5.75 Å². The van der Waals surface area contributed by atoms with E-state index in [9.17, 15) is 4.79 Å². The second-order valence-corrected chi connectivity index (χ2v) is 4.30. The van der Waals surface area contributed by atoms with Crippen LogP contribution in [0.4, 0.5) is 5.69 Å². The Balaban J connectivity index is 1.66. The Morgan fingerprint density at radius 3 is 2.89 bits per heavy atom. The molecule has 3 N–H and O–H groups in total. The van der Waals surface area contributed by atoms with E-state index in [1.165, 1.54) is 0 Å². The van der Waals surface area contributed by atoms with Gasteiger partial charge in [-0.2, -0.15) is 0 Å². The van der Waals surface area contributed by atoms with Gasteiger partial charge in [0.15, 0.2) is 6.61 Å². The molecule has 1 aliphatic heterocycles. The first-order chi connectivity index (χ1) is 8.74. The molecule has 0 unspecified atom stereocenters. The van der Waals surface area contributed by atoms with Gasteiger partial charge in [-0.1, -0.05) is 0 Å². The molecule has 1 atom stereocenters. The zero-order chi connectivity index (χ0) is 12.8. The molecule has 5 nitrogen and oxygen atoms in total. The van der Waals surface area contributed by atoms with Gasteiger partial charge < -0.3 is 20.5 Å². The van der Waals surface area contributed by atoms with E-state index in [2.05, 4.69) is 5.32 Å². The van der Waals surface area contributed by atoms with Crippen LogP contribution in [-0.2, 0) is 9.53 Å². The second kappa shape index (κ2) is 6.26. The monoisotopic (exact) mass is 250 g/mol. The fourth-order valence-corrected chi connectivity index (χ4v) is 1.80. The first-order valence-corrected chi connectivity index (χ1v) is 6.10. The molecule has 1 aromatic rings. The first-order valence-electron chi connectivity index (χ1n) is 6.10. The van der Waals surface area contributed by atoms with Crippen molar-refractivity contribution in [3.05, 3.63) is 24.3 Å². The Kier molecular flexibility index (Phi) is 4.41. The second-order valence-electron chi connectivity index (χ2n) is 4.30. The molecule has 0 saturated carbocycles. The summed E-state index contributed by atoms with van der Waals surface area (Å²) in [4.78, 5) is 11.5. The zero-order valence-corrected chi connectivity index (χ0v) is 10.2. The smallest absolute Gasteiger partial charge is 0.258 e. The minimum atomic E-state index is -0.137. The quantitative estimate of drug-likeness (QED) is 0.763. The van der Waals surface area contributed by atoms with Crippen LogP contribution in [-0.4, -0.2) is 31.8 Å². The molecule has 0 radical (unpaired) electrons. The molecule has 1 saturated heterocycles. The highest BCUT2D eigenvalue weighted by molar-refractivity contribution is 5.77. The summed E-state index contributed by atoms with van der Waals surface area (Å²) in [6.07, 6.45) is 2.24. The maximum Gasteiger partial charge on any atom is 0.258 e. The van der Waals surface area contributed by atoms with Crippen molar-refractivity contribution in [3.63, 3.8) is 0 Å². The highest BCUT2D eigenvalue weighted by Gasteiger charge is 2.16. The van der Waals surface area contributed by atoms with Crippen molar-refractivity contribution in [2.45, 2.75) is 18.9 Å². The van der Waals surface area contributed by atoms with Crippen molar-refractivity contribution >= 4 is 11.6 Å². The Bertz CT molecular complexity index is 386. The predicted octanol–water partition coefficient (Wildman–Crippen LogP) is 0.943. The fraction of sp³-hybridized carbons (Fsp3) is 0.462. The van der Waals surface area contributed by atoms with Gasteiger partial charge in [0.1, 0.15) is 5.75 Å². The van der Waals surface area contributed by atoms with Crippen molar-refractivity contribution < 1.29 is 14.3 Å². The van der Waals surface area contributed by atoms with E-state index >= 15 is 0 Å². The molecular formula is C13H18N2O3. The highest BCUT2D eigenvalue weighted by Crippen LogP contribution is 2.13. The molecule has 2 rings (SSSR count). The molecular weight excluding hydrogens is 232 g/mol. The number of carbonyl (C=O) groups is 1. The topological polar surface area (TPSA) is 73.6 Å². The van der Waals surface area contributed by atoms with E-state index in [0.29, 0.717) is 18.0 Å². The molecule has 0 bridgehead atoms. The molecule has 1 aliphatic rings. The molecule has 1 heterocycles. The van der Waals surface area contributed by atoms with Gasteiger partial charge in [0, 0.05) is 18.8 Å². The van der Waals surface area contributed by atoms with Gasteiger partial charge in [0.25, 0.3) is 5.91 Å². The van der Waals surface area contributed by atoms with Crippen LogP contribution in [0.3, 0.4) is 0 Å². The normalized spacial score (nSPS) is 18.6. The number of rotatable bonds is 5. The van der Waals surface area contributed by atoms with Crippen LogP contribution >= 0.6 is 0 Å². The lowest BCUT2D eigenvalue weighted by Gasteiger charge is -2.11. The first kappa shape index (κ1) is 12.7. The summed E-state index contributed by atoms with van der Waals surface area (Å²) in [6.45, 7) is 1.36. The maximum atomic E-state index is 11.5. The van der Waals surface area contributed by atoms with Crippen molar-refractivity contribution in [3.8, 4) is 5.75 Å². The SMILES string of the molecule is Nc1ccc(OCC(=O)NC[C@H]2CCCO2)cc1. The van der Waals surface area contributed by atoms with Gasteiger partial charge in [-0.25, -0.2) is 0 Å². The Morgan fingerprint density at radius 2 is 2.22 bits per heavy atom. The molecule has 1 aromatic carbocycles. The molecule has 0 spiro atoms. The van der Waals surface area contributed by atoms with Crippen LogP contribution in [0.25, 0.3) is 0 Å². The minimum Gasteiger partial charge on any atom is -0.484 e. The molecule has 98 valence electrons. The molecule has 5 heteroatoms. The molecule has 0 aromatic heterocycles. The largest absolute Gasteiger partial charge is 0.484 e. The van der Waals surface area contributed by atoms with Crippen LogP contribution in [0, 0.1) is 0 Å². The highest BCUT2D eigenvalue weighted by atomic mass is 16.5. The minimum absolute atomic E-state index is 0.0106. The van der Waals surface area contributed by atoms with Crippen LogP contribution < -0.4 is 15.8 Å². The van der Waals surface area contributed by atoms with Gasteiger partial charge in [-0.3, -0.25) is 4.79 Å². The summed E-state index contributed by atoms with van der Waals surface area (Å²) in [6, 6.07) is 6.95. The molecule has 0 aliphatic carbocycles. The van der Waals surface area contributed by atoms with E-state index in [0.717, 1.165) is 19.4 Å². The van der Waals surface area contributed by atoms with Crippen LogP contribution in [0.2, 0.25) is 0 Å². The van der Waals surface area contributed by atoms with Gasteiger partial charge in [-0.15, -0.1) is 0 Å². The van der Waals surface area contributed by atoms with E-state index in [1.54, 1.807) is 24.3 Å². The summed E-state index contributed by atoms with van der Waals surface area (Å²) in [7, 11) is 0. The number of nitrogens with one attached hydrogen (secondary N) is 1. The summed E-state index contributed by atoms with van der Waals surface area (Å²) in [5.41, 5.74) is 6.22. The van der Waals surface area contributed by atoms with E-state index < -0.39 is 0 Å². The lowest BCUT2D eigenvalue weighted by molar-refractivity contribution is -0.123. The van der Waals surface area contributed by atoms with Crippen molar-refractivity contribution in [1.29, 1.82) is 0 Å². The lowest BCUT2D eigenvalue weighted by Crippen LogP contribution is -2.35. The van der Waals surface area contributed by atoms with Gasteiger partial charge in [0.2, 0.25) is 0 Å². The third-order valence-electron chi connectivity index (χ3n) is 2.80. The van der Waals surface area contributed by atoms with E-state index in [-0.39, 0.29) is 18.6 Å². The standard InChI is InChI=1S/C13H18N2O3/c14-10-3-5-11(6-4-10)18-9-13(16)15-8-12-2-1-7-17-12/h3-6,12H,1-2,7-9,14H2,(H,15,16)/t12-/m1/s1. The zero-order valence-electron chi connectivity index (χ0n) is 10.2. The number of nitrogen functional groups attached to an aromatic ring is 1. The fourth-order valence-electron chi connectivity index (χ4n) is 1.80. The van der Waals surface area contributed by atoms with Gasteiger partial charge in [0.05, 0.1) is 6.10 Å². The maximum absolute atomic E-state index is 11.5. The van der Waals surface area contributed by atoms with Crippen molar-refractivity contribution in [2.24, 2.45) is 0 Å². The number of carbonyl (C=O) groups excluding carboxylic acids is 1. The average molecular weight is 250 g/mol. The number of amides is 1. The van der Waals surface area contributed by atoms with Crippen molar-refractivity contribution in [1.82, 2.24) is 5.32 Å². The Hall–Kier alpha value is -1.75. The Morgan fingerprint density at radius 1 is 1.44 bits per heavy atom. The Labute approximate surface area is 106 Å².